The molecule has 1 heterocycles. The van der Waals surface area contributed by atoms with Gasteiger partial charge in [-0.25, -0.2) is 0 Å². The lowest BCUT2D eigenvalue weighted by atomic mass is 9.86. The Kier molecular flexibility index (Phi) is 6.13. The molecule has 0 bridgehead atoms. The summed E-state index contributed by atoms with van der Waals surface area (Å²) in [5, 5.41) is 0. The fraction of sp³-hybridized carbons (Fsp3) is 0.158. The highest BCUT2D eigenvalue weighted by Crippen LogP contribution is 2.52. The summed E-state index contributed by atoms with van der Waals surface area (Å²) < 4.78 is 0. The molecule has 2 aliphatic rings. The van der Waals surface area contributed by atoms with Crippen LogP contribution in [0.15, 0.2) is 133 Å². The fourth-order valence-corrected chi connectivity index (χ4v) is 6.83. The zero-order valence-electron chi connectivity index (χ0n) is 22.4. The minimum absolute atomic E-state index is 0.570. The highest BCUT2D eigenvalue weighted by atomic mass is 15.2. The van der Waals surface area contributed by atoms with Gasteiger partial charge in [0.25, 0.3) is 0 Å². The molecule has 0 saturated heterocycles. The zero-order valence-corrected chi connectivity index (χ0v) is 22.4. The molecule has 1 aliphatic carbocycles. The molecule has 1 saturated carbocycles. The van der Waals surface area contributed by atoms with E-state index in [9.17, 15) is 0 Å². The number of rotatable bonds is 5. The molecule has 2 unspecified atom stereocenters. The van der Waals surface area contributed by atoms with E-state index in [1.165, 1.54) is 69.6 Å². The first-order chi connectivity index (χ1) is 19.3. The van der Waals surface area contributed by atoms with Crippen LogP contribution in [0, 0.1) is 6.92 Å². The Bertz CT molecular complexity index is 1570. The molecule has 0 N–H and O–H groups in total. The molecule has 0 spiro atoms. The standard InChI is InChI=1S/C38H33N/c1-27-20-25-36-34(26-27)33-18-11-19-35(33)39(36)32-23-21-31(22-24-32)38(30-16-9-4-10-17-30)37(28-12-5-2-6-13-28)29-14-7-3-8-15-29/h2-10,12-17,20-26,33,35H,11,18-19H2,1H3. The summed E-state index contributed by atoms with van der Waals surface area (Å²) in [5.41, 5.74) is 13.0. The van der Waals surface area contributed by atoms with E-state index in [4.69, 9.17) is 0 Å². The molecule has 5 aromatic carbocycles. The molecule has 5 aromatic rings. The maximum atomic E-state index is 2.62. The normalized spacial score (nSPS) is 17.5. The Hall–Kier alpha value is -4.36. The van der Waals surface area contributed by atoms with Crippen molar-refractivity contribution in [2.24, 2.45) is 0 Å². The molecular weight excluding hydrogens is 470 g/mol. The molecule has 190 valence electrons. The first-order valence-electron chi connectivity index (χ1n) is 14.2. The Morgan fingerprint density at radius 2 is 1.08 bits per heavy atom. The number of nitrogens with zero attached hydrogens (tertiary/aromatic N) is 1. The van der Waals surface area contributed by atoms with Crippen molar-refractivity contribution in [1.29, 1.82) is 0 Å². The van der Waals surface area contributed by atoms with E-state index in [1.54, 1.807) is 5.56 Å². The Morgan fingerprint density at radius 3 is 1.62 bits per heavy atom. The lowest BCUT2D eigenvalue weighted by Crippen LogP contribution is -2.26. The molecule has 0 aromatic heterocycles. The summed E-state index contributed by atoms with van der Waals surface area (Å²) in [6, 6.07) is 49.4. The molecular formula is C38H33N. The summed E-state index contributed by atoms with van der Waals surface area (Å²) in [6.07, 6.45) is 3.88. The Morgan fingerprint density at radius 1 is 0.564 bits per heavy atom. The number of fused-ring (bicyclic) bond motifs is 3. The molecule has 2 atom stereocenters. The Labute approximate surface area is 232 Å². The first kappa shape index (κ1) is 23.7. The van der Waals surface area contributed by atoms with Crippen LogP contribution in [-0.2, 0) is 0 Å². The van der Waals surface area contributed by atoms with Gasteiger partial charge in [0.2, 0.25) is 0 Å². The molecule has 0 amide bonds. The van der Waals surface area contributed by atoms with Gasteiger partial charge < -0.3 is 4.90 Å². The Balaban J connectivity index is 1.39. The first-order valence-corrected chi connectivity index (χ1v) is 14.2. The molecule has 0 radical (unpaired) electrons. The fourth-order valence-electron chi connectivity index (χ4n) is 6.83. The number of anilines is 2. The lowest BCUT2D eigenvalue weighted by Gasteiger charge is -2.27. The minimum atomic E-state index is 0.570. The van der Waals surface area contributed by atoms with Gasteiger partial charge in [0.15, 0.2) is 0 Å². The number of benzene rings is 5. The van der Waals surface area contributed by atoms with Crippen LogP contribution in [-0.4, -0.2) is 6.04 Å². The van der Waals surface area contributed by atoms with Crippen molar-refractivity contribution >= 4 is 22.5 Å². The van der Waals surface area contributed by atoms with Crippen LogP contribution < -0.4 is 4.90 Å². The van der Waals surface area contributed by atoms with E-state index >= 15 is 0 Å². The molecule has 7 rings (SSSR count). The monoisotopic (exact) mass is 503 g/mol. The van der Waals surface area contributed by atoms with Crippen LogP contribution in [0.5, 0.6) is 0 Å². The van der Waals surface area contributed by atoms with Crippen LogP contribution in [0.3, 0.4) is 0 Å². The van der Waals surface area contributed by atoms with Crippen LogP contribution in [0.4, 0.5) is 11.4 Å². The third kappa shape index (κ3) is 4.29. The third-order valence-corrected chi connectivity index (χ3v) is 8.52. The smallest absolute Gasteiger partial charge is 0.0449 e. The highest BCUT2D eigenvalue weighted by molar-refractivity contribution is 6.04. The van der Waals surface area contributed by atoms with Crippen LogP contribution in [0.2, 0.25) is 0 Å². The number of aryl methyl sites for hydroxylation is 1. The largest absolute Gasteiger partial charge is 0.338 e. The van der Waals surface area contributed by atoms with Crippen LogP contribution in [0.1, 0.15) is 58.6 Å². The van der Waals surface area contributed by atoms with E-state index < -0.39 is 0 Å². The molecule has 39 heavy (non-hydrogen) atoms. The minimum Gasteiger partial charge on any atom is -0.338 e. The van der Waals surface area contributed by atoms with Crippen molar-refractivity contribution in [3.63, 3.8) is 0 Å². The van der Waals surface area contributed by atoms with E-state index in [1.807, 2.05) is 0 Å². The zero-order chi connectivity index (χ0) is 26.2. The second kappa shape index (κ2) is 10.1. The molecule has 1 nitrogen and oxygen atoms in total. The average molecular weight is 504 g/mol. The van der Waals surface area contributed by atoms with Gasteiger partial charge in [-0.15, -0.1) is 0 Å². The quantitative estimate of drug-likeness (QED) is 0.216. The second-order valence-corrected chi connectivity index (χ2v) is 10.9. The van der Waals surface area contributed by atoms with E-state index in [0.717, 1.165) is 0 Å². The van der Waals surface area contributed by atoms with Gasteiger partial charge in [-0.1, -0.05) is 127 Å². The third-order valence-electron chi connectivity index (χ3n) is 8.52. The van der Waals surface area contributed by atoms with E-state index in [0.29, 0.717) is 12.0 Å². The predicted octanol–water partition coefficient (Wildman–Crippen LogP) is 9.79. The van der Waals surface area contributed by atoms with Crippen molar-refractivity contribution in [3.05, 3.63) is 167 Å². The van der Waals surface area contributed by atoms with Crippen LogP contribution in [0.25, 0.3) is 11.1 Å². The van der Waals surface area contributed by atoms with E-state index in [2.05, 4.69) is 145 Å². The maximum absolute atomic E-state index is 2.62. The van der Waals surface area contributed by atoms with Crippen molar-refractivity contribution in [2.45, 2.75) is 38.1 Å². The SMILES string of the molecule is Cc1ccc2c(c1)C1CCCC1N2c1ccc(C(=C(c2ccccc2)c2ccccc2)c2ccccc2)cc1. The van der Waals surface area contributed by atoms with Gasteiger partial charge in [0.1, 0.15) is 0 Å². The predicted molar refractivity (Wildman–Crippen MR) is 164 cm³/mol. The summed E-state index contributed by atoms with van der Waals surface area (Å²) in [4.78, 5) is 2.62. The van der Waals surface area contributed by atoms with Crippen molar-refractivity contribution in [3.8, 4) is 0 Å². The summed E-state index contributed by atoms with van der Waals surface area (Å²) in [7, 11) is 0. The number of hydrogen-bond acceptors (Lipinski definition) is 1. The van der Waals surface area contributed by atoms with Crippen LogP contribution >= 0.6 is 0 Å². The highest BCUT2D eigenvalue weighted by Gasteiger charge is 2.42. The van der Waals surface area contributed by atoms with Crippen molar-refractivity contribution in [2.75, 3.05) is 4.90 Å². The van der Waals surface area contributed by atoms with Gasteiger partial charge >= 0.3 is 0 Å². The maximum Gasteiger partial charge on any atom is 0.0449 e. The molecule has 1 aliphatic heterocycles. The van der Waals surface area contributed by atoms with Crippen molar-refractivity contribution in [1.82, 2.24) is 0 Å². The van der Waals surface area contributed by atoms with Crippen molar-refractivity contribution < 1.29 is 0 Å². The molecule has 1 fully saturated rings. The summed E-state index contributed by atoms with van der Waals surface area (Å²) >= 11 is 0. The summed E-state index contributed by atoms with van der Waals surface area (Å²) in [6.45, 7) is 2.22. The van der Waals surface area contributed by atoms with Gasteiger partial charge in [0, 0.05) is 23.3 Å². The summed E-state index contributed by atoms with van der Waals surface area (Å²) in [5.74, 6) is 0.655. The number of hydrogen-bond donors (Lipinski definition) is 0. The van der Waals surface area contributed by atoms with Gasteiger partial charge in [0.05, 0.1) is 0 Å². The van der Waals surface area contributed by atoms with Gasteiger partial charge in [-0.2, -0.15) is 0 Å². The van der Waals surface area contributed by atoms with Gasteiger partial charge in [-0.3, -0.25) is 0 Å². The topological polar surface area (TPSA) is 3.24 Å². The van der Waals surface area contributed by atoms with Gasteiger partial charge in [-0.05, 0) is 76.9 Å². The van der Waals surface area contributed by atoms with E-state index in [-0.39, 0.29) is 0 Å². The molecule has 1 heteroatoms. The average Bonchev–Trinajstić information content (AvgIpc) is 3.59. The lowest BCUT2D eigenvalue weighted by molar-refractivity contribution is 0.641. The second-order valence-electron chi connectivity index (χ2n) is 10.9.